The minimum absolute atomic E-state index is 0.0282. The summed E-state index contributed by atoms with van der Waals surface area (Å²) < 4.78 is 39.3. The molecule has 10 heteroatoms. The number of ketones is 1. The van der Waals surface area contributed by atoms with E-state index in [-0.39, 0.29) is 35.7 Å². The van der Waals surface area contributed by atoms with Crippen molar-refractivity contribution in [3.8, 4) is 0 Å². The van der Waals surface area contributed by atoms with Crippen LogP contribution in [0.1, 0.15) is 18.4 Å². The van der Waals surface area contributed by atoms with Gasteiger partial charge in [0, 0.05) is 30.1 Å². The number of nitrogens with zero attached hydrogens (tertiary/aromatic N) is 1. The van der Waals surface area contributed by atoms with Crippen LogP contribution in [-0.2, 0) is 26.0 Å². The number of sulfonamides is 1. The number of aliphatic hydroxyl groups is 1. The van der Waals surface area contributed by atoms with Gasteiger partial charge < -0.3 is 10.0 Å². The van der Waals surface area contributed by atoms with Crippen LogP contribution in [0.3, 0.4) is 0 Å². The van der Waals surface area contributed by atoms with Crippen LogP contribution in [0.25, 0.3) is 0 Å². The lowest BCUT2D eigenvalue weighted by Gasteiger charge is -2.21. The summed E-state index contributed by atoms with van der Waals surface area (Å²) >= 11 is 5.80. The largest absolute Gasteiger partial charge is 0.373 e. The van der Waals surface area contributed by atoms with Crippen molar-refractivity contribution in [3.05, 3.63) is 58.9 Å². The molecule has 30 heavy (non-hydrogen) atoms. The molecule has 2 aromatic rings. The molecule has 0 bridgehead atoms. The molecule has 160 valence electrons. The minimum atomic E-state index is -3.62. The highest BCUT2D eigenvalue weighted by atomic mass is 35.5. The third kappa shape index (κ3) is 4.39. The quantitative estimate of drug-likeness (QED) is 0.623. The van der Waals surface area contributed by atoms with Gasteiger partial charge in [-0.1, -0.05) is 11.6 Å². The zero-order chi connectivity index (χ0) is 22.1. The molecule has 1 fully saturated rings. The van der Waals surface area contributed by atoms with E-state index in [1.54, 1.807) is 0 Å². The highest BCUT2D eigenvalue weighted by Crippen LogP contribution is 2.31. The topological polar surface area (TPSA) is 104 Å². The van der Waals surface area contributed by atoms with Gasteiger partial charge in [-0.15, -0.1) is 0 Å². The van der Waals surface area contributed by atoms with Gasteiger partial charge in [0.2, 0.25) is 15.6 Å². The van der Waals surface area contributed by atoms with E-state index >= 15 is 0 Å². The molecule has 0 aliphatic carbocycles. The standard InChI is InChI=1S/C20H20ClFN2O5S/c1-23-30(28,29)17-5-3-16(4-6-17)24-9-8-20(27,19(24)26)18(25)7-2-13-10-14(21)12-15(22)11-13/h3-6,10-12,23,27H,2,7-9H2,1H3/t20-/m0/s1. The van der Waals surface area contributed by atoms with Gasteiger partial charge in [-0.2, -0.15) is 0 Å². The first-order valence-corrected chi connectivity index (χ1v) is 11.0. The third-order valence-corrected chi connectivity index (χ3v) is 6.70. The average molecular weight is 455 g/mol. The number of rotatable bonds is 7. The molecule has 0 unspecified atom stereocenters. The Kier molecular flexibility index (Phi) is 6.28. The molecule has 1 heterocycles. The summed E-state index contributed by atoms with van der Waals surface area (Å²) in [5.41, 5.74) is -1.32. The second-order valence-corrected chi connectivity index (χ2v) is 9.29. The maximum Gasteiger partial charge on any atom is 0.266 e. The van der Waals surface area contributed by atoms with Crippen LogP contribution >= 0.6 is 11.6 Å². The number of nitrogens with one attached hydrogen (secondary N) is 1. The van der Waals surface area contributed by atoms with Gasteiger partial charge in [-0.25, -0.2) is 17.5 Å². The Hall–Kier alpha value is -2.33. The van der Waals surface area contributed by atoms with Crippen molar-refractivity contribution in [2.45, 2.75) is 29.8 Å². The Bertz CT molecular complexity index is 1070. The molecule has 7 nitrogen and oxygen atoms in total. The number of amides is 1. The van der Waals surface area contributed by atoms with Crippen molar-refractivity contribution in [3.63, 3.8) is 0 Å². The Morgan fingerprint density at radius 1 is 1.27 bits per heavy atom. The van der Waals surface area contributed by atoms with Crippen LogP contribution in [0, 0.1) is 5.82 Å². The van der Waals surface area contributed by atoms with Gasteiger partial charge in [0.1, 0.15) is 5.82 Å². The first kappa shape index (κ1) is 22.4. The fourth-order valence-corrected chi connectivity index (χ4v) is 4.33. The first-order valence-electron chi connectivity index (χ1n) is 9.13. The molecular formula is C20H20ClFN2O5S. The van der Waals surface area contributed by atoms with E-state index < -0.39 is 33.1 Å². The van der Waals surface area contributed by atoms with Gasteiger partial charge in [-0.3, -0.25) is 9.59 Å². The molecule has 0 aromatic heterocycles. The van der Waals surface area contributed by atoms with Gasteiger partial charge in [0.15, 0.2) is 5.78 Å². The monoisotopic (exact) mass is 454 g/mol. The van der Waals surface area contributed by atoms with E-state index in [0.29, 0.717) is 11.3 Å². The molecule has 0 spiro atoms. The number of carbonyl (C=O) groups excluding carboxylic acids is 2. The highest BCUT2D eigenvalue weighted by Gasteiger charge is 2.50. The Balaban J connectivity index is 1.72. The number of anilines is 1. The summed E-state index contributed by atoms with van der Waals surface area (Å²) in [6.07, 6.45) is -0.122. The van der Waals surface area contributed by atoms with Crippen molar-refractivity contribution < 1.29 is 27.5 Å². The molecule has 2 aromatic carbocycles. The number of hydrogen-bond acceptors (Lipinski definition) is 5. The van der Waals surface area contributed by atoms with Gasteiger partial charge in [-0.05, 0) is 61.5 Å². The smallest absolute Gasteiger partial charge is 0.266 e. The molecular weight excluding hydrogens is 435 g/mol. The first-order chi connectivity index (χ1) is 14.1. The number of hydrogen-bond donors (Lipinski definition) is 2. The van der Waals surface area contributed by atoms with E-state index in [2.05, 4.69) is 4.72 Å². The summed E-state index contributed by atoms with van der Waals surface area (Å²) in [4.78, 5) is 26.7. The van der Waals surface area contributed by atoms with Crippen molar-refractivity contribution in [2.24, 2.45) is 0 Å². The van der Waals surface area contributed by atoms with Gasteiger partial charge >= 0.3 is 0 Å². The predicted molar refractivity (Wildman–Crippen MR) is 109 cm³/mol. The van der Waals surface area contributed by atoms with E-state index in [9.17, 15) is 27.5 Å². The number of benzene rings is 2. The molecule has 2 N–H and O–H groups in total. The summed E-state index contributed by atoms with van der Waals surface area (Å²) in [5.74, 6) is -1.96. The van der Waals surface area contributed by atoms with E-state index in [1.807, 2.05) is 0 Å². The molecule has 1 aliphatic heterocycles. The maximum absolute atomic E-state index is 13.4. The van der Waals surface area contributed by atoms with Crippen LogP contribution in [0.5, 0.6) is 0 Å². The lowest BCUT2D eigenvalue weighted by Crippen LogP contribution is -2.47. The van der Waals surface area contributed by atoms with Crippen LogP contribution in [0.4, 0.5) is 10.1 Å². The SMILES string of the molecule is CNS(=O)(=O)c1ccc(N2CC[C@](O)(C(=O)CCc3cc(F)cc(Cl)c3)C2=O)cc1. The van der Waals surface area contributed by atoms with Crippen molar-refractivity contribution in [2.75, 3.05) is 18.5 Å². The van der Waals surface area contributed by atoms with E-state index in [4.69, 9.17) is 11.6 Å². The minimum Gasteiger partial charge on any atom is -0.373 e. The Morgan fingerprint density at radius 2 is 1.93 bits per heavy atom. The Labute approximate surface area is 178 Å². The van der Waals surface area contributed by atoms with Crippen LogP contribution in [-0.4, -0.2) is 44.4 Å². The fourth-order valence-electron chi connectivity index (χ4n) is 3.35. The number of aryl methyl sites for hydroxylation is 1. The van der Waals surface area contributed by atoms with Crippen LogP contribution in [0.15, 0.2) is 47.4 Å². The normalized spacial score (nSPS) is 19.3. The fraction of sp³-hybridized carbons (Fsp3) is 0.300. The van der Waals surface area contributed by atoms with Crippen LogP contribution < -0.4 is 9.62 Å². The summed E-state index contributed by atoms with van der Waals surface area (Å²) in [7, 11) is -2.33. The summed E-state index contributed by atoms with van der Waals surface area (Å²) in [6, 6.07) is 9.45. The van der Waals surface area contributed by atoms with Gasteiger partial charge in [0.25, 0.3) is 5.91 Å². The highest BCUT2D eigenvalue weighted by molar-refractivity contribution is 7.89. The molecule has 1 amide bonds. The summed E-state index contributed by atoms with van der Waals surface area (Å²) in [6.45, 7) is 0.102. The zero-order valence-corrected chi connectivity index (χ0v) is 17.6. The lowest BCUT2D eigenvalue weighted by atomic mass is 9.92. The van der Waals surface area contributed by atoms with Gasteiger partial charge in [0.05, 0.1) is 4.90 Å². The number of carbonyl (C=O) groups is 2. The maximum atomic E-state index is 13.4. The van der Waals surface area contributed by atoms with E-state index in [1.165, 1.54) is 48.3 Å². The van der Waals surface area contributed by atoms with Crippen LogP contribution in [0.2, 0.25) is 5.02 Å². The molecule has 0 saturated carbocycles. The molecule has 1 saturated heterocycles. The van der Waals surface area contributed by atoms with Crippen molar-refractivity contribution in [1.82, 2.24) is 4.72 Å². The van der Waals surface area contributed by atoms with Crippen molar-refractivity contribution in [1.29, 1.82) is 0 Å². The second kappa shape index (κ2) is 8.43. The molecule has 1 aliphatic rings. The Morgan fingerprint density at radius 3 is 2.53 bits per heavy atom. The third-order valence-electron chi connectivity index (χ3n) is 5.05. The average Bonchev–Trinajstić information content (AvgIpc) is 3.01. The van der Waals surface area contributed by atoms with E-state index in [0.717, 1.165) is 6.07 Å². The lowest BCUT2D eigenvalue weighted by molar-refractivity contribution is -0.147. The molecule has 3 rings (SSSR count). The second-order valence-electron chi connectivity index (χ2n) is 6.97. The zero-order valence-electron chi connectivity index (χ0n) is 16.1. The molecule has 1 atom stereocenters. The predicted octanol–water partition coefficient (Wildman–Crippen LogP) is 2.06. The number of Topliss-reactive ketones (excluding diaryl/α,β-unsaturated/α-hetero) is 1. The summed E-state index contributed by atoms with van der Waals surface area (Å²) in [5, 5.41) is 10.9. The molecule has 0 radical (unpaired) electrons. The van der Waals surface area contributed by atoms with Crippen molar-refractivity contribution >= 4 is 39.0 Å². The number of halogens is 2.